The molecule has 0 saturated carbocycles. The Morgan fingerprint density at radius 2 is 1.91 bits per heavy atom. The molecule has 2 N–H and O–H groups in total. The molecule has 0 bridgehead atoms. The van der Waals surface area contributed by atoms with E-state index in [-0.39, 0.29) is 29.1 Å². The number of hydrogen-bond acceptors (Lipinski definition) is 6. The van der Waals surface area contributed by atoms with Crippen LogP contribution in [0.2, 0.25) is 0 Å². The fourth-order valence-electron chi connectivity index (χ4n) is 3.22. The highest BCUT2D eigenvalue weighted by molar-refractivity contribution is 7.90. The van der Waals surface area contributed by atoms with E-state index < -0.39 is 10.0 Å². The SMILES string of the molecule is CCOCCCNC(=O)c1cccc(NC(=O)CN(C)C2=NS(=O)(=O)c3ccccc32)c1. The maximum atomic E-state index is 12.5. The number of fused-ring (bicyclic) bond motifs is 1. The van der Waals surface area contributed by atoms with Gasteiger partial charge in [-0.2, -0.15) is 8.42 Å². The Balaban J connectivity index is 1.59. The largest absolute Gasteiger partial charge is 0.382 e. The molecule has 1 heterocycles. The summed E-state index contributed by atoms with van der Waals surface area (Å²) in [7, 11) is -2.16. The fraction of sp³-hybridized carbons (Fsp3) is 0.318. The minimum Gasteiger partial charge on any atom is -0.382 e. The van der Waals surface area contributed by atoms with Crippen molar-refractivity contribution in [2.45, 2.75) is 18.2 Å². The van der Waals surface area contributed by atoms with Gasteiger partial charge in [-0.25, -0.2) is 0 Å². The van der Waals surface area contributed by atoms with Crippen molar-refractivity contribution in [3.05, 3.63) is 59.7 Å². The number of nitrogens with one attached hydrogen (secondary N) is 2. The molecule has 0 radical (unpaired) electrons. The molecule has 2 aromatic rings. The molecule has 9 nitrogen and oxygen atoms in total. The summed E-state index contributed by atoms with van der Waals surface area (Å²) in [6, 6.07) is 13.1. The summed E-state index contributed by atoms with van der Waals surface area (Å²) in [4.78, 5) is 26.4. The first-order chi connectivity index (χ1) is 15.3. The number of carbonyl (C=O) groups is 2. The van der Waals surface area contributed by atoms with Gasteiger partial charge in [-0.05, 0) is 43.7 Å². The third kappa shape index (κ3) is 5.71. The van der Waals surface area contributed by atoms with Gasteiger partial charge in [0, 0.05) is 43.6 Å². The minimum absolute atomic E-state index is 0.115. The summed E-state index contributed by atoms with van der Waals surface area (Å²) >= 11 is 0. The number of hydrogen-bond donors (Lipinski definition) is 2. The zero-order valence-corrected chi connectivity index (χ0v) is 18.8. The number of likely N-dealkylation sites (N-methyl/N-ethyl adjacent to an activating group) is 1. The van der Waals surface area contributed by atoms with Crippen LogP contribution in [-0.4, -0.2) is 64.3 Å². The summed E-state index contributed by atoms with van der Waals surface area (Å²) in [6.07, 6.45) is 0.713. The maximum absolute atomic E-state index is 12.5. The average Bonchev–Trinajstić information content (AvgIpc) is 3.05. The number of rotatable bonds is 9. The van der Waals surface area contributed by atoms with Crippen molar-refractivity contribution in [3.63, 3.8) is 0 Å². The van der Waals surface area contributed by atoms with E-state index in [0.29, 0.717) is 43.0 Å². The van der Waals surface area contributed by atoms with Gasteiger partial charge in [0.05, 0.1) is 6.54 Å². The normalized spacial score (nSPS) is 13.8. The van der Waals surface area contributed by atoms with E-state index in [0.717, 1.165) is 0 Å². The number of anilines is 1. The summed E-state index contributed by atoms with van der Waals surface area (Å²) < 4.78 is 33.5. The molecular formula is C22H26N4O5S. The van der Waals surface area contributed by atoms with Gasteiger partial charge in [0.1, 0.15) is 4.90 Å². The first-order valence-corrected chi connectivity index (χ1v) is 11.7. The van der Waals surface area contributed by atoms with Crippen molar-refractivity contribution >= 4 is 33.4 Å². The van der Waals surface area contributed by atoms with Crippen LogP contribution in [0.3, 0.4) is 0 Å². The Morgan fingerprint density at radius 3 is 2.69 bits per heavy atom. The predicted octanol–water partition coefficient (Wildman–Crippen LogP) is 1.86. The molecule has 0 aliphatic carbocycles. The molecule has 3 rings (SSSR count). The van der Waals surface area contributed by atoms with Crippen molar-refractivity contribution in [2.75, 3.05) is 38.7 Å². The number of benzene rings is 2. The lowest BCUT2D eigenvalue weighted by Gasteiger charge is -2.18. The molecule has 32 heavy (non-hydrogen) atoms. The number of carbonyl (C=O) groups excluding carboxylic acids is 2. The van der Waals surface area contributed by atoms with Gasteiger partial charge in [-0.3, -0.25) is 9.59 Å². The Morgan fingerprint density at radius 1 is 1.12 bits per heavy atom. The number of sulfonamides is 1. The smallest absolute Gasteiger partial charge is 0.285 e. The van der Waals surface area contributed by atoms with Crippen molar-refractivity contribution < 1.29 is 22.7 Å². The van der Waals surface area contributed by atoms with E-state index >= 15 is 0 Å². The predicted molar refractivity (Wildman–Crippen MR) is 121 cm³/mol. The lowest BCUT2D eigenvalue weighted by molar-refractivity contribution is -0.116. The van der Waals surface area contributed by atoms with Gasteiger partial charge in [0.15, 0.2) is 5.84 Å². The second-order valence-corrected chi connectivity index (χ2v) is 8.75. The molecule has 0 fully saturated rings. The van der Waals surface area contributed by atoms with Gasteiger partial charge in [0.2, 0.25) is 5.91 Å². The monoisotopic (exact) mass is 458 g/mol. The first-order valence-electron chi connectivity index (χ1n) is 10.2. The molecule has 2 aromatic carbocycles. The van der Waals surface area contributed by atoms with Crippen LogP contribution < -0.4 is 10.6 Å². The molecule has 0 atom stereocenters. The highest BCUT2D eigenvalue weighted by Crippen LogP contribution is 2.26. The lowest BCUT2D eigenvalue weighted by atomic mass is 10.2. The van der Waals surface area contributed by atoms with Gasteiger partial charge >= 0.3 is 0 Å². The van der Waals surface area contributed by atoms with E-state index in [1.54, 1.807) is 49.5 Å². The minimum atomic E-state index is -3.76. The number of nitrogens with zero attached hydrogens (tertiary/aromatic N) is 2. The number of amidine groups is 1. The van der Waals surface area contributed by atoms with E-state index in [1.807, 2.05) is 6.92 Å². The van der Waals surface area contributed by atoms with Gasteiger partial charge in [0.25, 0.3) is 15.9 Å². The number of ether oxygens (including phenoxy) is 1. The van der Waals surface area contributed by atoms with Crippen LogP contribution >= 0.6 is 0 Å². The Bertz CT molecular complexity index is 1130. The molecule has 10 heteroatoms. The molecule has 0 unspecified atom stereocenters. The second-order valence-electron chi connectivity index (χ2n) is 7.18. The topological polar surface area (TPSA) is 117 Å². The van der Waals surface area contributed by atoms with Crippen LogP contribution in [0.15, 0.2) is 57.8 Å². The van der Waals surface area contributed by atoms with Crippen LogP contribution in [0.4, 0.5) is 5.69 Å². The van der Waals surface area contributed by atoms with Gasteiger partial charge in [-0.1, -0.05) is 18.2 Å². The van der Waals surface area contributed by atoms with Gasteiger partial charge < -0.3 is 20.3 Å². The zero-order valence-electron chi connectivity index (χ0n) is 18.0. The van der Waals surface area contributed by atoms with Crippen molar-refractivity contribution in [1.82, 2.24) is 10.2 Å². The molecule has 170 valence electrons. The van der Waals surface area contributed by atoms with E-state index in [4.69, 9.17) is 4.74 Å². The lowest BCUT2D eigenvalue weighted by Crippen LogP contribution is -2.35. The summed E-state index contributed by atoms with van der Waals surface area (Å²) in [6.45, 7) is 3.51. The third-order valence-electron chi connectivity index (χ3n) is 4.72. The maximum Gasteiger partial charge on any atom is 0.285 e. The van der Waals surface area contributed by atoms with Crippen molar-refractivity contribution in [2.24, 2.45) is 4.40 Å². The highest BCUT2D eigenvalue weighted by Gasteiger charge is 2.30. The molecule has 1 aliphatic heterocycles. The van der Waals surface area contributed by atoms with Crippen molar-refractivity contribution in [3.8, 4) is 0 Å². The second kappa shape index (κ2) is 10.4. The van der Waals surface area contributed by atoms with E-state index in [2.05, 4.69) is 15.0 Å². The fourth-order valence-corrected chi connectivity index (χ4v) is 4.47. The Labute approximate surface area is 187 Å². The highest BCUT2D eigenvalue weighted by atomic mass is 32.2. The molecule has 0 spiro atoms. The molecule has 1 aliphatic rings. The van der Waals surface area contributed by atoms with Crippen LogP contribution in [0.1, 0.15) is 29.3 Å². The molecule has 0 saturated heterocycles. The van der Waals surface area contributed by atoms with Crippen LogP contribution in [0.25, 0.3) is 0 Å². The molecule has 2 amide bonds. The Hall–Kier alpha value is -3.24. The average molecular weight is 459 g/mol. The Kier molecular flexibility index (Phi) is 7.60. The van der Waals surface area contributed by atoms with Crippen LogP contribution in [-0.2, 0) is 19.6 Å². The summed E-state index contributed by atoms with van der Waals surface area (Å²) in [5.74, 6) is -0.390. The standard InChI is InChI=1S/C22H26N4O5S/c1-3-31-13-7-12-23-22(28)16-8-6-9-17(14-16)24-20(27)15-26(2)21-18-10-4-5-11-19(18)32(29,30)25-21/h4-6,8-11,14H,3,7,12-13,15H2,1-2H3,(H,23,28)(H,24,27). The van der Waals surface area contributed by atoms with Crippen LogP contribution in [0.5, 0.6) is 0 Å². The van der Waals surface area contributed by atoms with E-state index in [9.17, 15) is 18.0 Å². The van der Waals surface area contributed by atoms with Crippen LogP contribution in [0, 0.1) is 0 Å². The number of amides is 2. The summed E-state index contributed by atoms with van der Waals surface area (Å²) in [5.41, 5.74) is 1.35. The van der Waals surface area contributed by atoms with Gasteiger partial charge in [-0.15, -0.1) is 4.40 Å². The first kappa shape index (κ1) is 23.4. The molecule has 0 aromatic heterocycles. The van der Waals surface area contributed by atoms with Crippen molar-refractivity contribution in [1.29, 1.82) is 0 Å². The van der Waals surface area contributed by atoms with E-state index in [1.165, 1.54) is 11.0 Å². The zero-order chi connectivity index (χ0) is 23.1. The molecular weight excluding hydrogens is 432 g/mol. The third-order valence-corrected chi connectivity index (χ3v) is 6.04. The summed E-state index contributed by atoms with van der Waals surface area (Å²) in [5, 5.41) is 5.55. The quantitative estimate of drug-likeness (QED) is 0.554.